The molecule has 0 unspecified atom stereocenters. The zero-order chi connectivity index (χ0) is 10.1. The van der Waals surface area contributed by atoms with Gasteiger partial charge in [-0.25, -0.2) is 0 Å². The molecule has 1 aromatic carbocycles. The number of nitrogens with two attached hydrogens (primary N) is 1. The highest BCUT2D eigenvalue weighted by molar-refractivity contribution is 6.33. The van der Waals surface area contributed by atoms with Crippen LogP contribution in [0, 0.1) is 11.3 Å². The maximum Gasteiger partial charge on any atom is 0.128 e. The minimum atomic E-state index is -1.10. The smallest absolute Gasteiger partial charge is 0.128 e. The van der Waals surface area contributed by atoms with Gasteiger partial charge >= 0.3 is 0 Å². The molecule has 68 valence electrons. The van der Waals surface area contributed by atoms with Crippen LogP contribution in [0.15, 0.2) is 18.2 Å². The van der Waals surface area contributed by atoms with E-state index < -0.39 is 5.54 Å². The molecule has 0 bridgehead atoms. The highest BCUT2D eigenvalue weighted by atomic mass is 35.5. The van der Waals surface area contributed by atoms with E-state index in [2.05, 4.69) is 0 Å². The van der Waals surface area contributed by atoms with Crippen LogP contribution in [0.3, 0.4) is 0 Å². The first kappa shape index (κ1) is 10.3. The van der Waals surface area contributed by atoms with E-state index >= 15 is 0 Å². The molecule has 0 radical (unpaired) electrons. The lowest BCUT2D eigenvalue weighted by Crippen LogP contribution is -2.31. The molecule has 1 aromatic rings. The maximum atomic E-state index is 8.79. The van der Waals surface area contributed by atoms with Crippen molar-refractivity contribution in [1.29, 1.82) is 5.26 Å². The Morgan fingerprint density at radius 3 is 2.62 bits per heavy atom. The fourth-order valence-corrected chi connectivity index (χ4v) is 1.44. The molecule has 2 nitrogen and oxygen atoms in total. The second kappa shape index (κ2) is 3.55. The predicted molar refractivity (Wildman–Crippen MR) is 53.6 cm³/mol. The molecule has 4 heteroatoms. The van der Waals surface area contributed by atoms with Crippen molar-refractivity contribution in [2.24, 2.45) is 5.73 Å². The topological polar surface area (TPSA) is 49.8 Å². The molecule has 1 rings (SSSR count). The van der Waals surface area contributed by atoms with Crippen LogP contribution in [-0.4, -0.2) is 0 Å². The molecule has 2 N–H and O–H groups in total. The van der Waals surface area contributed by atoms with Crippen LogP contribution in [0.5, 0.6) is 0 Å². The van der Waals surface area contributed by atoms with Crippen molar-refractivity contribution in [3.05, 3.63) is 33.8 Å². The van der Waals surface area contributed by atoms with E-state index in [9.17, 15) is 0 Å². The van der Waals surface area contributed by atoms with Gasteiger partial charge in [-0.2, -0.15) is 5.26 Å². The maximum absolute atomic E-state index is 8.79. The molecule has 0 fully saturated rings. The second-order valence-electron chi connectivity index (χ2n) is 2.94. The highest BCUT2D eigenvalue weighted by Gasteiger charge is 2.23. The monoisotopic (exact) mass is 214 g/mol. The number of rotatable bonds is 1. The van der Waals surface area contributed by atoms with Crippen LogP contribution in [0.1, 0.15) is 12.5 Å². The first-order valence-corrected chi connectivity index (χ1v) is 4.38. The Morgan fingerprint density at radius 1 is 1.46 bits per heavy atom. The van der Waals surface area contributed by atoms with Crippen molar-refractivity contribution in [2.45, 2.75) is 12.5 Å². The summed E-state index contributed by atoms with van der Waals surface area (Å²) in [5.41, 5.74) is 5.15. The molecule has 0 aliphatic rings. The Hall–Kier alpha value is -0.750. The van der Waals surface area contributed by atoms with Crippen molar-refractivity contribution < 1.29 is 0 Å². The zero-order valence-electron chi connectivity index (χ0n) is 7.01. The largest absolute Gasteiger partial charge is 0.310 e. The summed E-state index contributed by atoms with van der Waals surface area (Å²) < 4.78 is 0. The third kappa shape index (κ3) is 2.13. The van der Waals surface area contributed by atoms with Crippen LogP contribution < -0.4 is 5.73 Å². The highest BCUT2D eigenvalue weighted by Crippen LogP contribution is 2.28. The summed E-state index contributed by atoms with van der Waals surface area (Å²) in [7, 11) is 0. The van der Waals surface area contributed by atoms with Crippen molar-refractivity contribution in [3.8, 4) is 6.07 Å². The third-order valence-corrected chi connectivity index (χ3v) is 2.28. The molecular weight excluding hydrogens is 207 g/mol. The van der Waals surface area contributed by atoms with Gasteiger partial charge in [0.1, 0.15) is 5.54 Å². The molecule has 0 saturated heterocycles. The van der Waals surface area contributed by atoms with Gasteiger partial charge in [0.05, 0.1) is 6.07 Å². The number of nitriles is 1. The Morgan fingerprint density at radius 2 is 2.08 bits per heavy atom. The summed E-state index contributed by atoms with van der Waals surface area (Å²) in [5.74, 6) is 0. The molecule has 0 heterocycles. The SMILES string of the molecule is C[C@](N)(C#N)c1cc(Cl)ccc1Cl. The summed E-state index contributed by atoms with van der Waals surface area (Å²) in [5, 5.41) is 9.76. The molecule has 0 spiro atoms. The zero-order valence-corrected chi connectivity index (χ0v) is 8.52. The number of nitrogens with zero attached hydrogens (tertiary/aromatic N) is 1. The van der Waals surface area contributed by atoms with E-state index in [1.54, 1.807) is 25.1 Å². The van der Waals surface area contributed by atoms with Gasteiger partial charge in [0.25, 0.3) is 0 Å². The molecule has 0 aliphatic heterocycles. The average Bonchev–Trinajstić information content (AvgIpc) is 2.09. The van der Waals surface area contributed by atoms with E-state index in [-0.39, 0.29) is 0 Å². The second-order valence-corrected chi connectivity index (χ2v) is 3.78. The summed E-state index contributed by atoms with van der Waals surface area (Å²) in [6.45, 7) is 1.59. The van der Waals surface area contributed by atoms with E-state index in [0.717, 1.165) is 0 Å². The normalized spacial score (nSPS) is 14.7. The van der Waals surface area contributed by atoms with Crippen LogP contribution in [-0.2, 0) is 5.54 Å². The summed E-state index contributed by atoms with van der Waals surface area (Å²) in [6.07, 6.45) is 0. The summed E-state index contributed by atoms with van der Waals surface area (Å²) >= 11 is 11.6. The molecule has 0 saturated carbocycles. The Kier molecular flexibility index (Phi) is 2.82. The Labute approximate surface area is 86.9 Å². The van der Waals surface area contributed by atoms with Crippen LogP contribution >= 0.6 is 23.2 Å². The van der Waals surface area contributed by atoms with Crippen molar-refractivity contribution in [3.63, 3.8) is 0 Å². The van der Waals surface area contributed by atoms with Crippen molar-refractivity contribution >= 4 is 23.2 Å². The van der Waals surface area contributed by atoms with Crippen LogP contribution in [0.25, 0.3) is 0 Å². The number of halogens is 2. The van der Waals surface area contributed by atoms with Gasteiger partial charge in [-0.05, 0) is 25.1 Å². The van der Waals surface area contributed by atoms with E-state index in [1.165, 1.54) is 0 Å². The average molecular weight is 215 g/mol. The van der Waals surface area contributed by atoms with Crippen molar-refractivity contribution in [2.75, 3.05) is 0 Å². The Bertz CT molecular complexity index is 366. The van der Waals surface area contributed by atoms with Gasteiger partial charge in [0.2, 0.25) is 0 Å². The summed E-state index contributed by atoms with van der Waals surface area (Å²) in [6, 6.07) is 6.84. The Balaban J connectivity index is 3.30. The third-order valence-electron chi connectivity index (χ3n) is 1.72. The van der Waals surface area contributed by atoms with Crippen LogP contribution in [0.2, 0.25) is 10.0 Å². The molecule has 0 aromatic heterocycles. The molecule has 0 amide bonds. The van der Waals surface area contributed by atoms with Crippen LogP contribution in [0.4, 0.5) is 0 Å². The van der Waals surface area contributed by atoms with Gasteiger partial charge in [-0.3, -0.25) is 0 Å². The van der Waals surface area contributed by atoms with E-state index in [1.807, 2.05) is 6.07 Å². The number of hydrogen-bond donors (Lipinski definition) is 1. The minimum Gasteiger partial charge on any atom is -0.310 e. The first-order valence-electron chi connectivity index (χ1n) is 3.63. The number of benzene rings is 1. The number of hydrogen-bond acceptors (Lipinski definition) is 2. The van der Waals surface area contributed by atoms with Gasteiger partial charge in [0, 0.05) is 15.6 Å². The fraction of sp³-hybridized carbons (Fsp3) is 0.222. The van der Waals surface area contributed by atoms with Gasteiger partial charge in [-0.1, -0.05) is 23.2 Å². The van der Waals surface area contributed by atoms with Gasteiger partial charge in [-0.15, -0.1) is 0 Å². The molecule has 13 heavy (non-hydrogen) atoms. The standard InChI is InChI=1S/C9H8Cl2N2/c1-9(13,5-12)7-4-6(10)2-3-8(7)11/h2-4H,13H2,1H3/t9-/m0/s1. The van der Waals surface area contributed by atoms with Crippen molar-refractivity contribution in [1.82, 2.24) is 0 Å². The predicted octanol–water partition coefficient (Wildman–Crippen LogP) is 2.69. The quantitative estimate of drug-likeness (QED) is 0.782. The summed E-state index contributed by atoms with van der Waals surface area (Å²) in [4.78, 5) is 0. The molecular formula is C9H8Cl2N2. The lowest BCUT2D eigenvalue weighted by molar-refractivity contribution is 0.647. The molecule has 0 aliphatic carbocycles. The molecule has 1 atom stereocenters. The fourth-order valence-electron chi connectivity index (χ4n) is 0.956. The minimum absolute atomic E-state index is 0.455. The first-order chi connectivity index (χ1) is 5.97. The van der Waals surface area contributed by atoms with E-state index in [0.29, 0.717) is 15.6 Å². The van der Waals surface area contributed by atoms with Gasteiger partial charge < -0.3 is 5.73 Å². The lowest BCUT2D eigenvalue weighted by atomic mass is 9.95. The van der Waals surface area contributed by atoms with Gasteiger partial charge in [0.15, 0.2) is 0 Å². The van der Waals surface area contributed by atoms with E-state index in [4.69, 9.17) is 34.2 Å². The lowest BCUT2D eigenvalue weighted by Gasteiger charge is -2.17.